The van der Waals surface area contributed by atoms with Crippen LogP contribution in [0.15, 0.2) is 22.8 Å². The highest BCUT2D eigenvalue weighted by atomic mass is 79.9. The Morgan fingerprint density at radius 1 is 1.53 bits per heavy atom. The van der Waals surface area contributed by atoms with Gasteiger partial charge in [-0.15, -0.1) is 5.10 Å². The molecule has 1 unspecified atom stereocenters. The lowest BCUT2D eigenvalue weighted by Gasteiger charge is -2.32. The molecule has 1 fully saturated rings. The third-order valence-corrected chi connectivity index (χ3v) is 3.54. The minimum Gasteiger partial charge on any atom is -0.480 e. The minimum atomic E-state index is -0.868. The van der Waals surface area contributed by atoms with Crippen molar-refractivity contribution in [2.75, 3.05) is 24.5 Å². The summed E-state index contributed by atoms with van der Waals surface area (Å²) in [7, 11) is 0. The highest BCUT2D eigenvalue weighted by Gasteiger charge is 2.30. The molecule has 1 aliphatic heterocycles. The van der Waals surface area contributed by atoms with Crippen molar-refractivity contribution in [3.63, 3.8) is 0 Å². The number of carbonyl (C=O) groups is 1. The Labute approximate surface area is 117 Å². The zero-order valence-corrected chi connectivity index (χ0v) is 11.5. The molecular weight excluding hydrogens is 314 g/mol. The van der Waals surface area contributed by atoms with E-state index in [-0.39, 0.29) is 0 Å². The number of piperazine rings is 1. The topological polar surface area (TPSA) is 82.8 Å². The molecule has 0 aliphatic carbocycles. The maximum absolute atomic E-state index is 11.3. The Bertz CT molecular complexity index is 629. The Morgan fingerprint density at radius 2 is 2.37 bits per heavy atom. The van der Waals surface area contributed by atoms with Crippen molar-refractivity contribution in [2.24, 2.45) is 0 Å². The fraction of sp³-hybridized carbons (Fsp3) is 0.364. The quantitative estimate of drug-likeness (QED) is 0.829. The van der Waals surface area contributed by atoms with Crippen LogP contribution in [-0.2, 0) is 4.79 Å². The van der Waals surface area contributed by atoms with Gasteiger partial charge in [-0.1, -0.05) is 0 Å². The first-order valence-electron chi connectivity index (χ1n) is 5.87. The van der Waals surface area contributed by atoms with Crippen molar-refractivity contribution >= 4 is 33.5 Å². The van der Waals surface area contributed by atoms with Gasteiger partial charge in [0.05, 0.1) is 0 Å². The summed E-state index contributed by atoms with van der Waals surface area (Å²) in [5, 5.41) is 16.6. The number of fused-ring (bicyclic) bond motifs is 1. The first kappa shape index (κ1) is 12.4. The standard InChI is InChI=1S/C11H12BrN5O2/c12-7-1-2-9-14-11(15-17(9)6-7)16-4-3-13-5-8(16)10(18)19/h1-2,6,8,13H,3-5H2,(H,18,19). The van der Waals surface area contributed by atoms with Crippen LogP contribution < -0.4 is 10.2 Å². The van der Waals surface area contributed by atoms with E-state index in [1.54, 1.807) is 15.6 Å². The Kier molecular flexibility index (Phi) is 3.11. The number of anilines is 1. The van der Waals surface area contributed by atoms with E-state index in [1.807, 2.05) is 12.1 Å². The van der Waals surface area contributed by atoms with Crippen molar-refractivity contribution in [3.05, 3.63) is 22.8 Å². The summed E-state index contributed by atoms with van der Waals surface area (Å²) in [6.45, 7) is 1.70. The zero-order chi connectivity index (χ0) is 13.4. The van der Waals surface area contributed by atoms with Gasteiger partial charge in [0.25, 0.3) is 0 Å². The SMILES string of the molecule is O=C(O)C1CNCCN1c1nc2ccc(Br)cn2n1. The lowest BCUT2D eigenvalue weighted by molar-refractivity contribution is -0.138. The van der Waals surface area contributed by atoms with Crippen molar-refractivity contribution < 1.29 is 9.90 Å². The van der Waals surface area contributed by atoms with Gasteiger partial charge >= 0.3 is 5.97 Å². The lowest BCUT2D eigenvalue weighted by Crippen LogP contribution is -2.55. The van der Waals surface area contributed by atoms with Gasteiger partial charge in [0, 0.05) is 30.3 Å². The second-order valence-corrected chi connectivity index (χ2v) is 5.23. The third kappa shape index (κ3) is 2.28. The molecule has 1 atom stereocenters. The second-order valence-electron chi connectivity index (χ2n) is 4.31. The van der Waals surface area contributed by atoms with E-state index in [0.717, 1.165) is 11.0 Å². The van der Waals surface area contributed by atoms with Crippen molar-refractivity contribution in [2.45, 2.75) is 6.04 Å². The molecule has 3 rings (SSSR count). The van der Waals surface area contributed by atoms with E-state index in [0.29, 0.717) is 24.7 Å². The van der Waals surface area contributed by atoms with E-state index in [1.165, 1.54) is 0 Å². The molecule has 0 bridgehead atoms. The van der Waals surface area contributed by atoms with Crippen LogP contribution in [0.25, 0.3) is 5.65 Å². The monoisotopic (exact) mass is 325 g/mol. The number of pyridine rings is 1. The first-order valence-corrected chi connectivity index (χ1v) is 6.66. The molecular formula is C11H12BrN5O2. The Hall–Kier alpha value is -1.67. The number of nitrogens with one attached hydrogen (secondary N) is 1. The van der Waals surface area contributed by atoms with E-state index < -0.39 is 12.0 Å². The molecule has 2 aromatic heterocycles. The minimum absolute atomic E-state index is 0.397. The van der Waals surface area contributed by atoms with Crippen molar-refractivity contribution in [1.29, 1.82) is 0 Å². The number of aromatic nitrogens is 3. The van der Waals surface area contributed by atoms with Crippen molar-refractivity contribution in [3.8, 4) is 0 Å². The van der Waals surface area contributed by atoms with Gasteiger partial charge < -0.3 is 15.3 Å². The lowest BCUT2D eigenvalue weighted by atomic mass is 10.2. The average molecular weight is 326 g/mol. The average Bonchev–Trinajstić information content (AvgIpc) is 2.81. The summed E-state index contributed by atoms with van der Waals surface area (Å²) in [5.41, 5.74) is 0.695. The second kappa shape index (κ2) is 4.78. The van der Waals surface area contributed by atoms with Gasteiger partial charge in [-0.3, -0.25) is 0 Å². The number of halogens is 1. The predicted molar refractivity (Wildman–Crippen MR) is 72.3 cm³/mol. The zero-order valence-electron chi connectivity index (χ0n) is 9.95. The number of carboxylic acids is 1. The summed E-state index contributed by atoms with van der Waals surface area (Å²) in [6, 6.07) is 3.08. The number of nitrogens with zero attached hydrogens (tertiary/aromatic N) is 4. The van der Waals surface area contributed by atoms with Gasteiger partial charge in [-0.05, 0) is 28.1 Å². The Balaban J connectivity index is 1.99. The van der Waals surface area contributed by atoms with Crippen LogP contribution in [0, 0.1) is 0 Å². The first-order chi connectivity index (χ1) is 9.15. The predicted octanol–water partition coefficient (Wildman–Crippen LogP) is 0.355. The van der Waals surface area contributed by atoms with Gasteiger partial charge in [-0.25, -0.2) is 9.31 Å². The number of hydrogen-bond acceptors (Lipinski definition) is 5. The molecule has 7 nitrogen and oxygen atoms in total. The highest BCUT2D eigenvalue weighted by Crippen LogP contribution is 2.17. The summed E-state index contributed by atoms with van der Waals surface area (Å²) in [6.07, 6.45) is 1.80. The molecule has 0 saturated carbocycles. The molecule has 19 heavy (non-hydrogen) atoms. The van der Waals surface area contributed by atoms with E-state index in [9.17, 15) is 9.90 Å². The molecule has 8 heteroatoms. The van der Waals surface area contributed by atoms with Crippen LogP contribution >= 0.6 is 15.9 Å². The van der Waals surface area contributed by atoms with Crippen LogP contribution in [0.5, 0.6) is 0 Å². The van der Waals surface area contributed by atoms with Gasteiger partial charge in [0.15, 0.2) is 5.65 Å². The molecule has 1 aliphatic rings. The van der Waals surface area contributed by atoms with Crippen LogP contribution in [0.2, 0.25) is 0 Å². The van der Waals surface area contributed by atoms with E-state index >= 15 is 0 Å². The maximum atomic E-state index is 11.3. The highest BCUT2D eigenvalue weighted by molar-refractivity contribution is 9.10. The van der Waals surface area contributed by atoms with Crippen LogP contribution in [0.1, 0.15) is 0 Å². The molecule has 2 N–H and O–H groups in total. The number of carboxylic acid groups (broad SMARTS) is 1. The normalized spacial score (nSPS) is 19.8. The Morgan fingerprint density at radius 3 is 3.16 bits per heavy atom. The molecule has 3 heterocycles. The van der Waals surface area contributed by atoms with Crippen LogP contribution in [-0.4, -0.2) is 51.4 Å². The number of hydrogen-bond donors (Lipinski definition) is 2. The van der Waals surface area contributed by atoms with E-state index in [4.69, 9.17) is 0 Å². The summed E-state index contributed by atoms with van der Waals surface area (Å²) >= 11 is 3.37. The van der Waals surface area contributed by atoms with Gasteiger partial charge in [0.1, 0.15) is 6.04 Å². The molecule has 0 radical (unpaired) electrons. The molecule has 100 valence electrons. The summed E-state index contributed by atoms with van der Waals surface area (Å²) in [4.78, 5) is 17.4. The fourth-order valence-electron chi connectivity index (χ4n) is 2.13. The summed E-state index contributed by atoms with van der Waals surface area (Å²) in [5.74, 6) is -0.417. The molecule has 0 aromatic carbocycles. The van der Waals surface area contributed by atoms with Gasteiger partial charge in [-0.2, -0.15) is 4.98 Å². The molecule has 2 aromatic rings. The largest absolute Gasteiger partial charge is 0.480 e. The fourth-order valence-corrected chi connectivity index (χ4v) is 2.46. The number of aliphatic carboxylic acids is 1. The van der Waals surface area contributed by atoms with E-state index in [2.05, 4.69) is 31.3 Å². The third-order valence-electron chi connectivity index (χ3n) is 3.07. The number of rotatable bonds is 2. The van der Waals surface area contributed by atoms with Crippen LogP contribution in [0.3, 0.4) is 0 Å². The van der Waals surface area contributed by atoms with Crippen LogP contribution in [0.4, 0.5) is 5.95 Å². The maximum Gasteiger partial charge on any atom is 0.327 e. The molecule has 1 saturated heterocycles. The molecule has 0 amide bonds. The van der Waals surface area contributed by atoms with Gasteiger partial charge in [0.2, 0.25) is 5.95 Å². The molecule has 0 spiro atoms. The summed E-state index contributed by atoms with van der Waals surface area (Å²) < 4.78 is 2.53. The smallest absolute Gasteiger partial charge is 0.327 e. The van der Waals surface area contributed by atoms with Crippen molar-refractivity contribution in [1.82, 2.24) is 19.9 Å².